The van der Waals surface area contributed by atoms with Gasteiger partial charge in [-0.15, -0.1) is 11.8 Å². The molecule has 2 aromatic rings. The maximum absolute atomic E-state index is 11.1. The molecule has 0 saturated heterocycles. The molecule has 0 bridgehead atoms. The highest BCUT2D eigenvalue weighted by Gasteiger charge is 2.28. The summed E-state index contributed by atoms with van der Waals surface area (Å²) in [7, 11) is 0. The van der Waals surface area contributed by atoms with Crippen LogP contribution in [0, 0.1) is 11.8 Å². The summed E-state index contributed by atoms with van der Waals surface area (Å²) in [5, 5.41) is 0. The van der Waals surface area contributed by atoms with Gasteiger partial charge in [-0.3, -0.25) is 4.79 Å². The molecule has 0 spiro atoms. The molecule has 2 nitrogen and oxygen atoms in total. The first-order valence-electron chi connectivity index (χ1n) is 8.11. The summed E-state index contributed by atoms with van der Waals surface area (Å²) in [6.07, 6.45) is 1.95. The monoisotopic (exact) mass is 335 g/mol. The van der Waals surface area contributed by atoms with Gasteiger partial charge in [-0.2, -0.15) is 0 Å². The zero-order chi connectivity index (χ0) is 17.2. The number of hydrogen-bond donors (Lipinski definition) is 1. The molecule has 122 valence electrons. The summed E-state index contributed by atoms with van der Waals surface area (Å²) < 4.78 is 0. The van der Waals surface area contributed by atoms with E-state index in [4.69, 9.17) is 5.73 Å². The fourth-order valence-corrected chi connectivity index (χ4v) is 4.57. The van der Waals surface area contributed by atoms with Crippen LogP contribution in [0.5, 0.6) is 0 Å². The minimum absolute atomic E-state index is 0.245. The van der Waals surface area contributed by atoms with Gasteiger partial charge in [0.05, 0.1) is 0 Å². The summed E-state index contributed by atoms with van der Waals surface area (Å²) in [6, 6.07) is 13.7. The summed E-state index contributed by atoms with van der Waals surface area (Å²) in [5.41, 5.74) is 9.66. The molecule has 0 radical (unpaired) electrons. The Balaban J connectivity index is 1.80. The topological polar surface area (TPSA) is 43.1 Å². The molecule has 0 atom stereocenters. The van der Waals surface area contributed by atoms with Crippen molar-refractivity contribution >= 4 is 17.7 Å². The average Bonchev–Trinajstić information content (AvgIpc) is 2.55. The highest BCUT2D eigenvalue weighted by atomic mass is 32.2. The van der Waals surface area contributed by atoms with Gasteiger partial charge in [0.25, 0.3) is 0 Å². The number of thioether (sulfide) groups is 1. The number of amides is 1. The molecule has 0 saturated carbocycles. The highest BCUT2D eigenvalue weighted by Crippen LogP contribution is 2.43. The van der Waals surface area contributed by atoms with Crippen molar-refractivity contribution in [1.29, 1.82) is 0 Å². The van der Waals surface area contributed by atoms with Crippen molar-refractivity contribution in [2.45, 2.75) is 37.0 Å². The second-order valence-electron chi connectivity index (χ2n) is 6.70. The van der Waals surface area contributed by atoms with Crippen molar-refractivity contribution in [3.63, 3.8) is 0 Å². The van der Waals surface area contributed by atoms with Crippen LogP contribution < -0.4 is 5.73 Å². The van der Waals surface area contributed by atoms with E-state index in [0.29, 0.717) is 5.56 Å². The first-order valence-corrected chi connectivity index (χ1v) is 9.10. The van der Waals surface area contributed by atoms with Gasteiger partial charge in [0, 0.05) is 22.4 Å². The van der Waals surface area contributed by atoms with Gasteiger partial charge in [0.15, 0.2) is 0 Å². The van der Waals surface area contributed by atoms with Gasteiger partial charge in [0.1, 0.15) is 0 Å². The van der Waals surface area contributed by atoms with Crippen LogP contribution in [-0.4, -0.2) is 11.7 Å². The number of fused-ring (bicyclic) bond motifs is 1. The molecule has 1 aliphatic heterocycles. The summed E-state index contributed by atoms with van der Waals surface area (Å²) in [4.78, 5) is 12.5. The third kappa shape index (κ3) is 3.49. The molecule has 0 fully saturated rings. The summed E-state index contributed by atoms with van der Waals surface area (Å²) in [6.45, 7) is 4.64. The molecule has 3 rings (SSSR count). The lowest BCUT2D eigenvalue weighted by molar-refractivity contribution is 0.100. The standard InChI is InChI=1S/C21H21NOS/c1-21(2)13-14-24-19-16(7-4-8-18(19)21)6-3-5-15-9-11-17(12-10-15)20(22)23/h4,7-12H,6,13-14H2,1-2H3,(H2,22,23). The molecule has 0 aliphatic carbocycles. The molecule has 1 amide bonds. The van der Waals surface area contributed by atoms with E-state index in [0.717, 1.165) is 12.0 Å². The van der Waals surface area contributed by atoms with E-state index in [-0.39, 0.29) is 5.41 Å². The minimum Gasteiger partial charge on any atom is -0.366 e. The van der Waals surface area contributed by atoms with Gasteiger partial charge in [-0.1, -0.05) is 43.9 Å². The van der Waals surface area contributed by atoms with Crippen molar-refractivity contribution in [2.24, 2.45) is 5.73 Å². The fraction of sp³-hybridized carbons (Fsp3) is 0.286. The zero-order valence-corrected chi connectivity index (χ0v) is 14.9. The van der Waals surface area contributed by atoms with Crippen LogP contribution in [0.25, 0.3) is 0 Å². The molecule has 1 heterocycles. The van der Waals surface area contributed by atoms with Crippen molar-refractivity contribution in [3.05, 3.63) is 64.7 Å². The van der Waals surface area contributed by atoms with Crippen LogP contribution in [0.3, 0.4) is 0 Å². The molecule has 0 aromatic heterocycles. The predicted octanol–water partition coefficient (Wildman–Crippen LogP) is 4.15. The lowest BCUT2D eigenvalue weighted by Crippen LogP contribution is -2.23. The predicted molar refractivity (Wildman–Crippen MR) is 100 cm³/mol. The first kappa shape index (κ1) is 16.7. The normalized spacial score (nSPS) is 15.1. The molecule has 24 heavy (non-hydrogen) atoms. The van der Waals surface area contributed by atoms with E-state index in [1.54, 1.807) is 12.1 Å². The molecule has 3 heteroatoms. The Morgan fingerprint density at radius 2 is 1.96 bits per heavy atom. The van der Waals surface area contributed by atoms with Gasteiger partial charge >= 0.3 is 0 Å². The largest absolute Gasteiger partial charge is 0.366 e. The van der Waals surface area contributed by atoms with Crippen LogP contribution in [0.2, 0.25) is 0 Å². The van der Waals surface area contributed by atoms with E-state index in [9.17, 15) is 4.79 Å². The van der Waals surface area contributed by atoms with Gasteiger partial charge in [-0.05, 0) is 53.0 Å². The Bertz CT molecular complexity index is 825. The molecule has 2 N–H and O–H groups in total. The molecule has 1 aliphatic rings. The van der Waals surface area contributed by atoms with Crippen molar-refractivity contribution < 1.29 is 4.79 Å². The van der Waals surface area contributed by atoms with Gasteiger partial charge in [-0.25, -0.2) is 0 Å². The number of carbonyl (C=O) groups excluding carboxylic acids is 1. The second kappa shape index (κ2) is 6.75. The van der Waals surface area contributed by atoms with E-state index in [1.807, 2.05) is 23.9 Å². The average molecular weight is 335 g/mol. The number of benzene rings is 2. The number of primary amides is 1. The number of rotatable bonds is 2. The highest BCUT2D eigenvalue weighted by molar-refractivity contribution is 7.99. The van der Waals surface area contributed by atoms with Gasteiger partial charge in [0.2, 0.25) is 5.91 Å². The Hall–Kier alpha value is -2.18. The Labute approximate surface area is 147 Å². The van der Waals surface area contributed by atoms with E-state index < -0.39 is 5.91 Å². The maximum atomic E-state index is 11.1. The van der Waals surface area contributed by atoms with E-state index in [2.05, 4.69) is 43.9 Å². The SMILES string of the molecule is CC1(C)CCSc2c(CC#Cc3ccc(C(N)=O)cc3)cccc21. The smallest absolute Gasteiger partial charge is 0.248 e. The Kier molecular flexibility index (Phi) is 4.69. The third-order valence-corrected chi connectivity index (χ3v) is 5.66. The third-order valence-electron chi connectivity index (χ3n) is 4.48. The quantitative estimate of drug-likeness (QED) is 0.838. The minimum atomic E-state index is -0.412. The molecular weight excluding hydrogens is 314 g/mol. The van der Waals surface area contributed by atoms with E-state index >= 15 is 0 Å². The van der Waals surface area contributed by atoms with Crippen LogP contribution in [0.4, 0.5) is 0 Å². The van der Waals surface area contributed by atoms with Crippen LogP contribution in [0.15, 0.2) is 47.4 Å². The van der Waals surface area contributed by atoms with E-state index in [1.165, 1.54) is 28.2 Å². The molecule has 0 unspecified atom stereocenters. The Morgan fingerprint density at radius 1 is 1.21 bits per heavy atom. The lowest BCUT2D eigenvalue weighted by atomic mass is 9.81. The number of carbonyl (C=O) groups is 1. The summed E-state index contributed by atoms with van der Waals surface area (Å²) >= 11 is 1.95. The molecule has 2 aromatic carbocycles. The lowest BCUT2D eigenvalue weighted by Gasteiger charge is -2.33. The fourth-order valence-electron chi connectivity index (χ4n) is 2.93. The van der Waals surface area contributed by atoms with Crippen molar-refractivity contribution in [1.82, 2.24) is 0 Å². The van der Waals surface area contributed by atoms with Crippen LogP contribution in [-0.2, 0) is 11.8 Å². The van der Waals surface area contributed by atoms with Crippen molar-refractivity contribution in [2.75, 3.05) is 5.75 Å². The first-order chi connectivity index (χ1) is 11.5. The zero-order valence-electron chi connectivity index (χ0n) is 14.1. The Morgan fingerprint density at radius 3 is 2.67 bits per heavy atom. The maximum Gasteiger partial charge on any atom is 0.248 e. The molecular formula is C21H21NOS. The van der Waals surface area contributed by atoms with Crippen LogP contribution >= 0.6 is 11.8 Å². The van der Waals surface area contributed by atoms with Crippen molar-refractivity contribution in [3.8, 4) is 11.8 Å². The second-order valence-corrected chi connectivity index (χ2v) is 7.80. The van der Waals surface area contributed by atoms with Gasteiger partial charge < -0.3 is 5.73 Å². The number of nitrogens with two attached hydrogens (primary N) is 1. The number of hydrogen-bond acceptors (Lipinski definition) is 2. The summed E-state index contributed by atoms with van der Waals surface area (Å²) in [5.74, 6) is 7.19. The van der Waals surface area contributed by atoms with Crippen LogP contribution in [0.1, 0.15) is 47.3 Å².